The zero-order chi connectivity index (χ0) is 108. The zero-order valence-corrected chi connectivity index (χ0v) is 85.8. The fourth-order valence-corrected chi connectivity index (χ4v) is 16.5. The normalized spacial score (nSPS) is 11.1. The smallest absolute Gasteiger partial charge is 0.305 e. The van der Waals surface area contributed by atoms with Crippen molar-refractivity contribution in [3.05, 3.63) is 202 Å². The van der Waals surface area contributed by atoms with Crippen LogP contribution in [0.15, 0.2) is 117 Å². The Hall–Kier alpha value is -17.0. The molecule has 11 rings (SSSR count). The first kappa shape index (κ1) is 112. The third kappa shape index (κ3) is 33.2. The molecule has 0 bridgehead atoms. The van der Waals surface area contributed by atoms with Crippen LogP contribution in [0.4, 0.5) is 40.2 Å². The van der Waals surface area contributed by atoms with Crippen LogP contribution in [0, 0.1) is 0 Å². The lowest BCUT2D eigenvalue weighted by molar-refractivity contribution is -0.140. The monoisotopic (exact) mass is 2050 g/mol. The number of aromatic nitrogens is 15. The van der Waals surface area contributed by atoms with Gasteiger partial charge in [0.25, 0.3) is 35.4 Å². The lowest BCUT2D eigenvalue weighted by Gasteiger charge is -2.08. The van der Waals surface area contributed by atoms with E-state index in [1.807, 2.05) is 14.1 Å². The third-order valence-corrected chi connectivity index (χ3v) is 24.1. The summed E-state index contributed by atoms with van der Waals surface area (Å²) in [7, 11) is 21.4. The van der Waals surface area contributed by atoms with Crippen molar-refractivity contribution in [3.8, 4) is 0 Å². The van der Waals surface area contributed by atoms with Gasteiger partial charge in [0.15, 0.2) is 46.5 Å². The molecule has 10 aromatic heterocycles. The largest absolute Gasteiger partial charge is 0.469 e. The number of methoxy groups -OCH3 is 1. The molecule has 0 aliphatic rings. The van der Waals surface area contributed by atoms with Crippen LogP contribution >= 0.6 is 0 Å². The molecule has 11 amide bonds. The Morgan fingerprint density at radius 3 is 1.15 bits per heavy atom. The lowest BCUT2D eigenvalue weighted by Crippen LogP contribution is -2.32. The van der Waals surface area contributed by atoms with Crippen molar-refractivity contribution in [1.29, 1.82) is 0 Å². The number of nitrogens with one attached hydrogen (secondary N) is 11. The van der Waals surface area contributed by atoms with Gasteiger partial charge in [0.05, 0.1) is 59.8 Å². The number of amides is 11. The van der Waals surface area contributed by atoms with Crippen LogP contribution in [-0.4, -0.2) is 241 Å². The number of unbranched alkanes of at least 4 members (excludes halogenated alkanes) is 4. The molecule has 10 heterocycles. The third-order valence-electron chi connectivity index (χ3n) is 24.1. The summed E-state index contributed by atoms with van der Waals surface area (Å²) in [6.45, 7) is 0.842. The molecule has 0 atom stereocenters. The summed E-state index contributed by atoms with van der Waals surface area (Å²) >= 11 is 0. The average molecular weight is 2050 g/mol. The molecule has 0 radical (unpaired) electrons. The van der Waals surface area contributed by atoms with Gasteiger partial charge in [-0.25, -0.2) is 24.9 Å². The van der Waals surface area contributed by atoms with Gasteiger partial charge in [0.2, 0.25) is 58.5 Å². The summed E-state index contributed by atoms with van der Waals surface area (Å²) in [5.74, 6) is -7.04. The standard InChI is InChI=1S/C102H127N27O20/c1-119(2)42-19-18-23-71(130)24-20-26-78(132)73-43-62(52-120(73)3)45-80(134)92-109-70(58-126(92)9)51-82(136)93-108-66(57-125(93)8)47-72(131)25-21-27-79(133)74-44-63(53-121(74)4)46-81(135)94-116-83(59-127(94)10)113-88(139)29-22-38-104-98(144)75-49-68(55-123(75)6)111-101(147)95-118-85(61-129(95)12)115-90(141)37-41-106-99(145)76-48-67(54-122(76)5)110-100(146)77-50-69(56-124(77)7)112-102(148)96-117-84(60-128(96)11)114-89(140)36-39-103-86(137)35-40-105-97(143)64-31-33-65(34-32-64)107-87(138)28-16-14-15-17-30-91(142)149-13/h31-34,43-44,48-50,52-61H,14-30,35-42,45-47,51H2,1-13H3,(H,103,137)(H,104,144)(H,105,143)(H,106,145)(H,107,138)(H,110,146)(H,111,147)(H,112,148)(H,113,139)(H,114,140)(H,115,141). The van der Waals surface area contributed by atoms with Crippen LogP contribution in [-0.2, 0) is 139 Å². The highest BCUT2D eigenvalue weighted by molar-refractivity contribution is 6.09. The number of carbonyl (C=O) groups excluding carboxylic acids is 19. The highest BCUT2D eigenvalue weighted by atomic mass is 16.5. The van der Waals surface area contributed by atoms with Crippen LogP contribution in [0.5, 0.6) is 0 Å². The van der Waals surface area contributed by atoms with Gasteiger partial charge >= 0.3 is 5.97 Å². The Labute approximate surface area is 858 Å². The van der Waals surface area contributed by atoms with Crippen LogP contribution in [0.1, 0.15) is 267 Å². The molecule has 0 saturated heterocycles. The highest BCUT2D eigenvalue weighted by Gasteiger charge is 2.29. The summed E-state index contributed by atoms with van der Waals surface area (Å²) < 4.78 is 19.6. The van der Waals surface area contributed by atoms with Gasteiger partial charge < -0.3 is 114 Å². The van der Waals surface area contributed by atoms with Crippen molar-refractivity contribution in [3.63, 3.8) is 0 Å². The topological polar surface area (TPSA) is 583 Å². The number of anilines is 7. The van der Waals surface area contributed by atoms with Crippen molar-refractivity contribution >= 4 is 152 Å². The molecule has 0 unspecified atom stereocenters. The van der Waals surface area contributed by atoms with E-state index in [4.69, 9.17) is 0 Å². The number of imidazole rings is 5. The van der Waals surface area contributed by atoms with E-state index in [0.29, 0.717) is 90.1 Å². The van der Waals surface area contributed by atoms with Crippen LogP contribution in [0.3, 0.4) is 0 Å². The molecule has 47 nitrogen and oxygen atoms in total. The molecule has 1 aromatic carbocycles. The molecule has 0 fully saturated rings. The minimum atomic E-state index is -0.676. The van der Waals surface area contributed by atoms with Gasteiger partial charge in [0, 0.05) is 253 Å². The zero-order valence-electron chi connectivity index (χ0n) is 85.8. The first-order valence-electron chi connectivity index (χ1n) is 48.7. The predicted molar refractivity (Wildman–Crippen MR) is 547 cm³/mol. The maximum absolute atomic E-state index is 13.6. The molecule has 11 aromatic rings. The van der Waals surface area contributed by atoms with Gasteiger partial charge in [0.1, 0.15) is 28.6 Å². The van der Waals surface area contributed by atoms with E-state index in [9.17, 15) is 91.1 Å². The molecule has 11 N–H and O–H groups in total. The lowest BCUT2D eigenvalue weighted by atomic mass is 10.0. The van der Waals surface area contributed by atoms with Crippen LogP contribution < -0.4 is 58.5 Å². The van der Waals surface area contributed by atoms with Crippen LogP contribution in [0.25, 0.3) is 0 Å². The summed E-state index contributed by atoms with van der Waals surface area (Å²) in [4.78, 5) is 272. The van der Waals surface area contributed by atoms with Crippen molar-refractivity contribution in [2.45, 2.75) is 154 Å². The fourth-order valence-electron chi connectivity index (χ4n) is 16.5. The Morgan fingerprint density at radius 1 is 0.275 bits per heavy atom. The number of esters is 1. The SMILES string of the molecule is COC(=O)CCCCCCC(=O)Nc1ccc(C(=O)NCCC(=O)NCCC(=O)Nc2cn(C)c(C(=O)Nc3cc(C(=O)Nc4cc(C(=O)NCCC(=O)Nc5cn(C)c(C(=O)Nc6cc(C(=O)NCCCC(=O)Nc7cn(C)c(C(=O)Cc8cc(C(=O)CCCC(=O)Cc9cn(C)c(C(=O)Cc%10cn(C)c(C(=O)Cc%11cc(C(=O)CCCC(=O)CCCCN(C)C)n(C)c%11)n%10)n9)n(C)c8)n7)n(C)c6)n5)n(C)c4)n(C)c3)n2)cc1. The van der Waals surface area contributed by atoms with Crippen molar-refractivity contribution in [2.24, 2.45) is 70.5 Å². The number of hydrogen-bond donors (Lipinski definition) is 11. The van der Waals surface area contributed by atoms with Gasteiger partial charge in [-0.05, 0) is 131 Å². The van der Waals surface area contributed by atoms with Crippen LogP contribution in [0.2, 0.25) is 0 Å². The van der Waals surface area contributed by atoms with E-state index in [1.165, 1.54) is 109 Å². The highest BCUT2D eigenvalue weighted by Crippen LogP contribution is 2.25. The quantitative estimate of drug-likeness (QED) is 0.00996. The number of aryl methyl sites for hydroxylation is 10. The molecule has 0 saturated carbocycles. The first-order chi connectivity index (χ1) is 71.0. The van der Waals surface area contributed by atoms with Crippen molar-refractivity contribution in [2.75, 3.05) is 91.1 Å². The maximum Gasteiger partial charge on any atom is 0.305 e. The minimum absolute atomic E-state index is 0.00976. The van der Waals surface area contributed by atoms with Gasteiger partial charge in [-0.15, -0.1) is 0 Å². The molecule has 0 aliphatic carbocycles. The van der Waals surface area contributed by atoms with E-state index >= 15 is 0 Å². The average Bonchev–Trinajstić information content (AvgIpc) is 1.68. The summed E-state index contributed by atoms with van der Waals surface area (Å²) in [6.07, 6.45) is 21.9. The molecule has 149 heavy (non-hydrogen) atoms. The number of ketones is 7. The minimum Gasteiger partial charge on any atom is -0.469 e. The van der Waals surface area contributed by atoms with Gasteiger partial charge in [-0.3, -0.25) is 91.1 Å². The molecule has 0 aliphatic heterocycles. The van der Waals surface area contributed by atoms with E-state index in [2.05, 4.69) is 93.0 Å². The number of benzene rings is 1. The number of nitrogens with zero attached hydrogens (tertiary/aromatic N) is 16. The summed E-state index contributed by atoms with van der Waals surface area (Å²) in [6, 6.07) is 13.9. The summed E-state index contributed by atoms with van der Waals surface area (Å²) in [5, 5.41) is 29.5. The number of carbonyl (C=O) groups is 19. The molecular weight excluding hydrogens is 1920 g/mol. The van der Waals surface area contributed by atoms with Crippen molar-refractivity contribution in [1.82, 2.24) is 96.8 Å². The number of rotatable bonds is 59. The second-order valence-electron chi connectivity index (χ2n) is 36.8. The molecular formula is C102H127N27O20. The Balaban J connectivity index is 0.527. The summed E-state index contributed by atoms with van der Waals surface area (Å²) in [5.41, 5.74) is 4.60. The second kappa shape index (κ2) is 53.2. The first-order valence-corrected chi connectivity index (χ1v) is 48.7. The molecule has 790 valence electrons. The maximum atomic E-state index is 13.6. The second-order valence-corrected chi connectivity index (χ2v) is 36.8. The van der Waals surface area contributed by atoms with Crippen molar-refractivity contribution < 1.29 is 95.8 Å². The number of ether oxygens (including phenoxy) is 1. The number of hydrogen-bond acceptors (Lipinski definition) is 26. The Bertz CT molecular complexity index is 6850. The Morgan fingerprint density at radius 2 is 0.651 bits per heavy atom. The van der Waals surface area contributed by atoms with E-state index in [0.717, 1.165) is 32.2 Å². The van der Waals surface area contributed by atoms with Gasteiger partial charge in [-0.2, -0.15) is 0 Å². The Kier molecular flexibility index (Phi) is 40.1. The predicted octanol–water partition coefficient (Wildman–Crippen LogP) is 7.52. The fraction of sp³-hybridized carbons (Fsp3) is 0.412. The number of Topliss-reactive ketones (excluding diaryl/α,β-unsaturated/α-hetero) is 7. The van der Waals surface area contributed by atoms with Gasteiger partial charge in [-0.1, -0.05) is 12.8 Å². The van der Waals surface area contributed by atoms with E-state index in [-0.39, 0.29) is 237 Å². The molecule has 47 heteroatoms. The molecule has 0 spiro atoms. The van der Waals surface area contributed by atoms with E-state index < -0.39 is 64.9 Å². The van der Waals surface area contributed by atoms with E-state index in [1.54, 1.807) is 131 Å².